The van der Waals surface area contributed by atoms with Crippen LogP contribution in [0, 0.1) is 6.92 Å². The Morgan fingerprint density at radius 3 is 2.20 bits per heavy atom. The van der Waals surface area contributed by atoms with Gasteiger partial charge in [0.25, 0.3) is 10.0 Å². The number of carbonyl (C=O) groups is 2. The lowest BCUT2D eigenvalue weighted by Gasteiger charge is -2.34. The maximum atomic E-state index is 14.2. The third-order valence-electron chi connectivity index (χ3n) is 7.66. The number of sulfonamides is 1. The summed E-state index contributed by atoms with van der Waals surface area (Å²) in [6.45, 7) is 3.54. The predicted molar refractivity (Wildman–Crippen MR) is 163 cm³/mol. The molecule has 1 unspecified atom stereocenters. The summed E-state index contributed by atoms with van der Waals surface area (Å²) in [5.74, 6) is -0.668. The van der Waals surface area contributed by atoms with Crippen LogP contribution in [0.25, 0.3) is 0 Å². The summed E-state index contributed by atoms with van der Waals surface area (Å²) < 4.78 is 28.8. The van der Waals surface area contributed by atoms with Gasteiger partial charge < -0.3 is 10.2 Å². The van der Waals surface area contributed by atoms with Crippen LogP contribution < -0.4 is 9.62 Å². The van der Waals surface area contributed by atoms with Gasteiger partial charge in [-0.15, -0.1) is 0 Å². The minimum atomic E-state index is -4.11. The van der Waals surface area contributed by atoms with Crippen molar-refractivity contribution in [2.24, 2.45) is 0 Å². The van der Waals surface area contributed by atoms with Gasteiger partial charge in [0, 0.05) is 17.6 Å². The zero-order chi connectivity index (χ0) is 29.4. The molecule has 3 aromatic carbocycles. The Morgan fingerprint density at radius 2 is 1.56 bits per heavy atom. The van der Waals surface area contributed by atoms with E-state index in [1.165, 1.54) is 17.0 Å². The molecule has 1 N–H and O–H groups in total. The second-order valence-electron chi connectivity index (χ2n) is 10.5. The number of rotatable bonds is 11. The molecule has 41 heavy (non-hydrogen) atoms. The smallest absolute Gasteiger partial charge is 0.264 e. The Labute approximate surface area is 248 Å². The molecule has 1 aliphatic rings. The second-order valence-corrected chi connectivity index (χ2v) is 12.8. The van der Waals surface area contributed by atoms with E-state index < -0.39 is 28.5 Å². The Balaban J connectivity index is 1.70. The molecular weight excluding hydrogens is 558 g/mol. The molecular formula is C32H38ClN3O4S. The first-order chi connectivity index (χ1) is 19.7. The van der Waals surface area contributed by atoms with Gasteiger partial charge in [0.1, 0.15) is 12.6 Å². The normalized spacial score (nSPS) is 14.7. The molecule has 0 bridgehead atoms. The molecule has 7 nitrogen and oxygen atoms in total. The number of anilines is 1. The van der Waals surface area contributed by atoms with Gasteiger partial charge >= 0.3 is 0 Å². The van der Waals surface area contributed by atoms with E-state index in [9.17, 15) is 18.0 Å². The van der Waals surface area contributed by atoms with Gasteiger partial charge in [-0.3, -0.25) is 13.9 Å². The van der Waals surface area contributed by atoms with Crippen molar-refractivity contribution < 1.29 is 18.0 Å². The monoisotopic (exact) mass is 595 g/mol. The lowest BCUT2D eigenvalue weighted by Crippen LogP contribution is -2.54. The van der Waals surface area contributed by atoms with Crippen molar-refractivity contribution in [3.63, 3.8) is 0 Å². The highest BCUT2D eigenvalue weighted by atomic mass is 35.5. The van der Waals surface area contributed by atoms with E-state index in [0.29, 0.717) is 17.1 Å². The molecule has 3 aromatic rings. The summed E-state index contributed by atoms with van der Waals surface area (Å²) >= 11 is 6.10. The van der Waals surface area contributed by atoms with Crippen LogP contribution >= 0.6 is 11.6 Å². The number of hydrogen-bond acceptors (Lipinski definition) is 4. The molecule has 0 radical (unpaired) electrons. The average Bonchev–Trinajstić information content (AvgIpc) is 2.98. The van der Waals surface area contributed by atoms with E-state index in [2.05, 4.69) is 5.32 Å². The highest BCUT2D eigenvalue weighted by Crippen LogP contribution is 2.26. The summed E-state index contributed by atoms with van der Waals surface area (Å²) in [5.41, 5.74) is 2.19. The van der Waals surface area contributed by atoms with E-state index >= 15 is 0 Å². The van der Waals surface area contributed by atoms with E-state index in [0.717, 1.165) is 47.5 Å². The van der Waals surface area contributed by atoms with Crippen molar-refractivity contribution in [1.82, 2.24) is 10.2 Å². The van der Waals surface area contributed by atoms with Gasteiger partial charge in [-0.1, -0.05) is 80.3 Å². The van der Waals surface area contributed by atoms with Gasteiger partial charge in [-0.25, -0.2) is 8.42 Å². The van der Waals surface area contributed by atoms with Gasteiger partial charge in [-0.05, 0) is 73.7 Å². The molecule has 9 heteroatoms. The number of halogens is 1. The maximum Gasteiger partial charge on any atom is 0.264 e. The fraction of sp³-hybridized carbons (Fsp3) is 0.375. The fourth-order valence-corrected chi connectivity index (χ4v) is 6.85. The van der Waals surface area contributed by atoms with Gasteiger partial charge in [0.15, 0.2) is 0 Å². The standard InChI is InChI=1S/C32H38ClN3O4S/c1-3-30(32(38)34-27-14-6-4-7-15-27)35(22-25-13-11-10-12-24(25)2)31(37)23-36(28-20-18-26(33)19-21-28)41(39,40)29-16-8-5-9-17-29/h5,8-13,16-21,27,30H,3-4,6-7,14-15,22-23H2,1-2H3,(H,34,38). The Morgan fingerprint density at radius 1 is 0.927 bits per heavy atom. The number of benzene rings is 3. The van der Waals surface area contributed by atoms with Crippen molar-refractivity contribution in [3.05, 3.63) is 95.0 Å². The number of hydrogen-bond donors (Lipinski definition) is 1. The zero-order valence-electron chi connectivity index (χ0n) is 23.6. The molecule has 2 amide bonds. The Kier molecular flexibility index (Phi) is 10.5. The highest BCUT2D eigenvalue weighted by molar-refractivity contribution is 7.92. The van der Waals surface area contributed by atoms with Crippen LogP contribution in [0.15, 0.2) is 83.8 Å². The van der Waals surface area contributed by atoms with Crippen molar-refractivity contribution in [2.75, 3.05) is 10.8 Å². The van der Waals surface area contributed by atoms with Crippen LogP contribution in [0.3, 0.4) is 0 Å². The van der Waals surface area contributed by atoms with Crippen LogP contribution in [-0.2, 0) is 26.2 Å². The molecule has 0 aromatic heterocycles. The molecule has 0 saturated heterocycles. The summed E-state index contributed by atoms with van der Waals surface area (Å²) in [7, 11) is -4.11. The van der Waals surface area contributed by atoms with E-state index in [4.69, 9.17) is 11.6 Å². The summed E-state index contributed by atoms with van der Waals surface area (Å²) in [5, 5.41) is 3.62. The largest absolute Gasteiger partial charge is 0.352 e. The molecule has 1 saturated carbocycles. The number of aryl methyl sites for hydroxylation is 1. The first-order valence-corrected chi connectivity index (χ1v) is 16.0. The maximum absolute atomic E-state index is 14.2. The summed E-state index contributed by atoms with van der Waals surface area (Å²) in [4.78, 5) is 29.4. The quantitative estimate of drug-likeness (QED) is 0.290. The molecule has 1 fully saturated rings. The number of amides is 2. The van der Waals surface area contributed by atoms with Crippen molar-refractivity contribution in [1.29, 1.82) is 0 Å². The number of nitrogens with one attached hydrogen (secondary N) is 1. The van der Waals surface area contributed by atoms with Crippen LogP contribution in [0.2, 0.25) is 5.02 Å². The molecule has 0 aliphatic heterocycles. The minimum absolute atomic E-state index is 0.0651. The van der Waals surface area contributed by atoms with Gasteiger partial charge in [0.05, 0.1) is 10.6 Å². The third kappa shape index (κ3) is 7.68. The number of carbonyl (C=O) groups excluding carboxylic acids is 2. The van der Waals surface area contributed by atoms with Crippen LogP contribution in [0.4, 0.5) is 5.69 Å². The van der Waals surface area contributed by atoms with Crippen molar-refractivity contribution in [3.8, 4) is 0 Å². The fourth-order valence-electron chi connectivity index (χ4n) is 5.29. The molecule has 1 atom stereocenters. The minimum Gasteiger partial charge on any atom is -0.352 e. The Bertz CT molecular complexity index is 1420. The molecule has 218 valence electrons. The van der Waals surface area contributed by atoms with Crippen LogP contribution in [0.1, 0.15) is 56.6 Å². The Hall–Kier alpha value is -3.36. The van der Waals surface area contributed by atoms with E-state index in [1.54, 1.807) is 42.5 Å². The van der Waals surface area contributed by atoms with Gasteiger partial charge in [-0.2, -0.15) is 0 Å². The third-order valence-corrected chi connectivity index (χ3v) is 9.70. The van der Waals surface area contributed by atoms with Crippen LogP contribution in [0.5, 0.6) is 0 Å². The molecule has 0 heterocycles. The molecule has 1 aliphatic carbocycles. The van der Waals surface area contributed by atoms with Crippen molar-refractivity contribution in [2.45, 2.75) is 75.9 Å². The summed E-state index contributed by atoms with van der Waals surface area (Å²) in [6.07, 6.45) is 5.55. The zero-order valence-corrected chi connectivity index (χ0v) is 25.2. The average molecular weight is 596 g/mol. The first kappa shape index (κ1) is 30.6. The highest BCUT2D eigenvalue weighted by Gasteiger charge is 2.34. The van der Waals surface area contributed by atoms with Crippen LogP contribution in [-0.4, -0.2) is 43.8 Å². The van der Waals surface area contributed by atoms with E-state index in [-0.39, 0.29) is 23.4 Å². The summed E-state index contributed by atoms with van der Waals surface area (Å²) in [6, 6.07) is 21.4. The SMILES string of the molecule is CCC(C(=O)NC1CCCCC1)N(Cc1ccccc1C)C(=O)CN(c1ccc(Cl)cc1)S(=O)(=O)c1ccccc1. The first-order valence-electron chi connectivity index (χ1n) is 14.2. The predicted octanol–water partition coefficient (Wildman–Crippen LogP) is 6.10. The lowest BCUT2D eigenvalue weighted by molar-refractivity contribution is -0.140. The van der Waals surface area contributed by atoms with E-state index in [1.807, 2.05) is 38.1 Å². The number of nitrogens with zero attached hydrogens (tertiary/aromatic N) is 2. The lowest BCUT2D eigenvalue weighted by atomic mass is 9.95. The van der Waals surface area contributed by atoms with Gasteiger partial charge in [0.2, 0.25) is 11.8 Å². The molecule has 4 rings (SSSR count). The second kappa shape index (κ2) is 14.0. The van der Waals surface area contributed by atoms with Crippen molar-refractivity contribution >= 4 is 39.1 Å². The topological polar surface area (TPSA) is 86.8 Å². The molecule has 0 spiro atoms.